The van der Waals surface area contributed by atoms with E-state index in [-0.39, 0.29) is 17.3 Å². The zero-order chi connectivity index (χ0) is 30.0. The van der Waals surface area contributed by atoms with Crippen LogP contribution >= 0.6 is 0 Å². The van der Waals surface area contributed by atoms with E-state index in [1.165, 1.54) is 17.0 Å². The number of nitrogens with zero attached hydrogens (tertiary/aromatic N) is 2. The third-order valence-corrected chi connectivity index (χ3v) is 8.71. The number of hydrogen-bond donors (Lipinski definition) is 1. The molecule has 0 spiro atoms. The lowest BCUT2D eigenvalue weighted by molar-refractivity contribution is -0.139. The average Bonchev–Trinajstić information content (AvgIpc) is 2.96. The Balaban J connectivity index is 2.01. The molecule has 220 valence electrons. The third-order valence-electron chi connectivity index (χ3n) is 6.92. The summed E-state index contributed by atoms with van der Waals surface area (Å²) in [4.78, 5) is 28.7. The van der Waals surface area contributed by atoms with Gasteiger partial charge in [0, 0.05) is 13.1 Å². The van der Waals surface area contributed by atoms with E-state index in [0.29, 0.717) is 24.6 Å². The van der Waals surface area contributed by atoms with Crippen LogP contribution in [0.2, 0.25) is 0 Å². The van der Waals surface area contributed by atoms with Gasteiger partial charge in [0.2, 0.25) is 11.8 Å². The number of ether oxygens (including phenoxy) is 1. The molecule has 41 heavy (non-hydrogen) atoms. The molecule has 0 heterocycles. The number of sulfonamides is 1. The molecule has 3 aromatic carbocycles. The van der Waals surface area contributed by atoms with Crippen LogP contribution in [0.4, 0.5) is 5.69 Å². The number of aryl methyl sites for hydroxylation is 2. The standard InChI is InChI=1S/C32H41N3O5S/c1-6-8-21-33-32(37)26(5)34(22-27-12-10-9-11-25(27)4)31(36)23-35(28-15-17-29(18-16-28)40-7-2)41(38,39)30-19-13-24(3)14-20-30/h9-20,26H,6-8,21-23H2,1-5H3,(H,33,37). The molecule has 1 unspecified atom stereocenters. The number of anilines is 1. The lowest BCUT2D eigenvalue weighted by atomic mass is 10.1. The van der Waals surface area contributed by atoms with Gasteiger partial charge >= 0.3 is 0 Å². The number of carbonyl (C=O) groups is 2. The molecule has 0 aliphatic carbocycles. The lowest BCUT2D eigenvalue weighted by Gasteiger charge is -2.32. The Morgan fingerprint density at radius 2 is 1.59 bits per heavy atom. The summed E-state index contributed by atoms with van der Waals surface area (Å²) in [6.07, 6.45) is 1.75. The SMILES string of the molecule is CCCCNC(=O)C(C)N(Cc1ccccc1C)C(=O)CN(c1ccc(OCC)cc1)S(=O)(=O)c1ccc(C)cc1. The molecular weight excluding hydrogens is 538 g/mol. The summed E-state index contributed by atoms with van der Waals surface area (Å²) in [7, 11) is -4.12. The average molecular weight is 580 g/mol. The number of amides is 2. The summed E-state index contributed by atoms with van der Waals surface area (Å²) in [5.74, 6) is -0.181. The summed E-state index contributed by atoms with van der Waals surface area (Å²) in [5, 5.41) is 2.91. The second kappa shape index (κ2) is 14.7. The molecule has 0 aromatic heterocycles. The van der Waals surface area contributed by atoms with Crippen LogP contribution in [-0.4, -0.2) is 50.9 Å². The van der Waals surface area contributed by atoms with Crippen molar-refractivity contribution in [1.29, 1.82) is 0 Å². The molecule has 0 saturated heterocycles. The third kappa shape index (κ3) is 8.33. The molecule has 3 rings (SSSR count). The maximum Gasteiger partial charge on any atom is 0.264 e. The largest absolute Gasteiger partial charge is 0.494 e. The molecule has 1 atom stereocenters. The highest BCUT2D eigenvalue weighted by atomic mass is 32.2. The fourth-order valence-corrected chi connectivity index (χ4v) is 5.75. The van der Waals surface area contributed by atoms with Crippen LogP contribution in [0.25, 0.3) is 0 Å². The van der Waals surface area contributed by atoms with Gasteiger partial charge in [-0.3, -0.25) is 13.9 Å². The summed E-state index contributed by atoms with van der Waals surface area (Å²) in [5.41, 5.74) is 3.08. The second-order valence-corrected chi connectivity index (χ2v) is 11.9. The molecule has 1 N–H and O–H groups in total. The quantitative estimate of drug-likeness (QED) is 0.264. The fourth-order valence-electron chi connectivity index (χ4n) is 4.33. The highest BCUT2D eigenvalue weighted by molar-refractivity contribution is 7.92. The van der Waals surface area contributed by atoms with Gasteiger partial charge in [-0.1, -0.05) is 55.3 Å². The molecule has 0 fully saturated rings. The van der Waals surface area contributed by atoms with Gasteiger partial charge in [-0.05, 0) is 81.6 Å². The molecule has 0 saturated carbocycles. The molecule has 0 aliphatic rings. The first-order valence-electron chi connectivity index (χ1n) is 14.0. The van der Waals surface area contributed by atoms with E-state index >= 15 is 0 Å². The van der Waals surface area contributed by atoms with Crippen LogP contribution in [0.15, 0.2) is 77.7 Å². The molecule has 9 heteroatoms. The smallest absolute Gasteiger partial charge is 0.264 e. The Kier molecular flexibility index (Phi) is 11.3. The number of rotatable bonds is 14. The number of benzene rings is 3. The lowest BCUT2D eigenvalue weighted by Crippen LogP contribution is -2.51. The van der Waals surface area contributed by atoms with Crippen LogP contribution in [0.1, 0.15) is 50.3 Å². The summed E-state index contributed by atoms with van der Waals surface area (Å²) < 4.78 is 34.5. The number of carbonyl (C=O) groups excluding carboxylic acids is 2. The predicted octanol–water partition coefficient (Wildman–Crippen LogP) is 5.23. The molecule has 8 nitrogen and oxygen atoms in total. The van der Waals surface area contributed by atoms with Crippen molar-refractivity contribution in [2.45, 2.75) is 64.9 Å². The van der Waals surface area contributed by atoms with Crippen molar-refractivity contribution in [2.24, 2.45) is 0 Å². The maximum atomic E-state index is 14.0. The van der Waals surface area contributed by atoms with Crippen molar-refractivity contribution in [2.75, 3.05) is 24.0 Å². The maximum absolute atomic E-state index is 14.0. The second-order valence-electron chi connectivity index (χ2n) is 10.0. The topological polar surface area (TPSA) is 96.0 Å². The normalized spacial score (nSPS) is 11.9. The Hall–Kier alpha value is -3.85. The summed E-state index contributed by atoms with van der Waals surface area (Å²) >= 11 is 0. The Morgan fingerprint density at radius 1 is 0.927 bits per heavy atom. The Morgan fingerprint density at radius 3 is 2.20 bits per heavy atom. The van der Waals surface area contributed by atoms with Crippen molar-refractivity contribution in [1.82, 2.24) is 10.2 Å². The Bertz CT molecular complexity index is 1410. The minimum atomic E-state index is -4.12. The first-order valence-corrected chi connectivity index (χ1v) is 15.5. The van der Waals surface area contributed by atoms with Gasteiger partial charge in [0.25, 0.3) is 10.0 Å². The first-order chi connectivity index (χ1) is 19.6. The van der Waals surface area contributed by atoms with E-state index in [4.69, 9.17) is 4.74 Å². The van der Waals surface area contributed by atoms with Crippen LogP contribution in [0.5, 0.6) is 5.75 Å². The molecule has 0 bridgehead atoms. The number of nitrogens with one attached hydrogen (secondary N) is 1. The van der Waals surface area contributed by atoms with Crippen molar-refractivity contribution in [3.05, 3.63) is 89.5 Å². The van der Waals surface area contributed by atoms with Gasteiger partial charge in [-0.25, -0.2) is 8.42 Å². The number of hydrogen-bond acceptors (Lipinski definition) is 5. The van der Waals surface area contributed by atoms with Gasteiger partial charge in [0.1, 0.15) is 18.3 Å². The molecule has 0 aliphatic heterocycles. The summed E-state index contributed by atoms with van der Waals surface area (Å²) in [6.45, 7) is 10.0. The van der Waals surface area contributed by atoms with Crippen molar-refractivity contribution >= 4 is 27.5 Å². The molecule has 2 amide bonds. The highest BCUT2D eigenvalue weighted by Gasteiger charge is 2.32. The first kappa shape index (κ1) is 31.7. The van der Waals surface area contributed by atoms with Crippen molar-refractivity contribution in [3.63, 3.8) is 0 Å². The van der Waals surface area contributed by atoms with Gasteiger partial charge < -0.3 is 15.0 Å². The van der Waals surface area contributed by atoms with E-state index in [0.717, 1.165) is 33.8 Å². The van der Waals surface area contributed by atoms with E-state index < -0.39 is 28.5 Å². The van der Waals surface area contributed by atoms with E-state index in [9.17, 15) is 18.0 Å². The fraction of sp³-hybridized carbons (Fsp3) is 0.375. The summed E-state index contributed by atoms with van der Waals surface area (Å²) in [6, 6.07) is 19.9. The van der Waals surface area contributed by atoms with E-state index in [1.807, 2.05) is 52.0 Å². The van der Waals surface area contributed by atoms with Crippen LogP contribution in [-0.2, 0) is 26.2 Å². The van der Waals surface area contributed by atoms with E-state index in [1.54, 1.807) is 43.3 Å². The van der Waals surface area contributed by atoms with Gasteiger partial charge in [0.05, 0.1) is 17.2 Å². The zero-order valence-corrected chi connectivity index (χ0v) is 25.4. The van der Waals surface area contributed by atoms with Gasteiger partial charge in [-0.15, -0.1) is 0 Å². The minimum Gasteiger partial charge on any atom is -0.494 e. The van der Waals surface area contributed by atoms with Crippen LogP contribution in [0, 0.1) is 13.8 Å². The van der Waals surface area contributed by atoms with Gasteiger partial charge in [0.15, 0.2) is 0 Å². The Labute approximate surface area is 244 Å². The van der Waals surface area contributed by atoms with Crippen molar-refractivity contribution < 1.29 is 22.7 Å². The highest BCUT2D eigenvalue weighted by Crippen LogP contribution is 2.27. The minimum absolute atomic E-state index is 0.0700. The number of unbranched alkanes of at least 4 members (excludes halogenated alkanes) is 1. The predicted molar refractivity (Wildman–Crippen MR) is 162 cm³/mol. The van der Waals surface area contributed by atoms with Crippen molar-refractivity contribution in [3.8, 4) is 5.75 Å². The molecule has 0 radical (unpaired) electrons. The van der Waals surface area contributed by atoms with E-state index in [2.05, 4.69) is 5.32 Å². The van der Waals surface area contributed by atoms with Crippen LogP contribution in [0.3, 0.4) is 0 Å². The monoisotopic (exact) mass is 579 g/mol. The molecular formula is C32H41N3O5S. The molecule has 3 aromatic rings. The van der Waals surface area contributed by atoms with Crippen LogP contribution < -0.4 is 14.4 Å². The zero-order valence-electron chi connectivity index (χ0n) is 24.6. The van der Waals surface area contributed by atoms with Gasteiger partial charge in [-0.2, -0.15) is 0 Å².